The van der Waals surface area contributed by atoms with E-state index in [0.717, 1.165) is 12.1 Å². The minimum atomic E-state index is -4.78. The number of benzene rings is 2. The number of nitrogens with one attached hydrogen (secondary N) is 2. The van der Waals surface area contributed by atoms with E-state index in [0.29, 0.717) is 12.0 Å². The maximum Gasteiger partial charge on any atom is 0.316 e. The average Bonchev–Trinajstić information content (AvgIpc) is 2.79. The Morgan fingerprint density at radius 1 is 1.14 bits per heavy atom. The van der Waals surface area contributed by atoms with E-state index in [1.807, 2.05) is 0 Å². The normalized spacial score (nSPS) is 11.6. The molecular weight excluding hydrogens is 552 g/mol. The zero-order valence-electron chi connectivity index (χ0n) is 17.2. The second kappa shape index (κ2) is 11.5. The van der Waals surface area contributed by atoms with Crippen LogP contribution in [0.4, 0.5) is 42.1 Å². The third kappa shape index (κ3) is 7.01. The molecule has 0 atom stereocenters. The predicted octanol–water partition coefficient (Wildman–Crippen LogP) is 4.73. The molecule has 19 heteroatoms. The molecule has 0 aliphatic carbocycles. The van der Waals surface area contributed by atoms with Crippen LogP contribution in [0.1, 0.15) is 0 Å². The predicted molar refractivity (Wildman–Crippen MR) is 121 cm³/mol. The molecule has 6 N–H and O–H groups in total. The maximum atomic E-state index is 13.6. The second-order valence-electron chi connectivity index (χ2n) is 6.32. The van der Waals surface area contributed by atoms with Crippen LogP contribution in [0.25, 0.3) is 0 Å². The van der Waals surface area contributed by atoms with Crippen LogP contribution in [0.3, 0.4) is 0 Å². The van der Waals surface area contributed by atoms with E-state index >= 15 is 0 Å². The lowest BCUT2D eigenvalue weighted by molar-refractivity contribution is -0.432. The van der Waals surface area contributed by atoms with Gasteiger partial charge in [-0.2, -0.15) is 27.2 Å². The Kier molecular flexibility index (Phi) is 8.63. The van der Waals surface area contributed by atoms with Crippen molar-refractivity contribution in [3.63, 3.8) is 0 Å². The first-order valence-corrected chi connectivity index (χ1v) is 11.6. The minimum absolute atomic E-state index is 0.0396. The molecule has 0 radical (unpaired) electrons. The Hall–Kier alpha value is -3.52. The van der Waals surface area contributed by atoms with E-state index < -0.39 is 43.9 Å². The minimum Gasteiger partial charge on any atom is -0.351 e. The number of halogens is 3. The number of nitrogens with zero attached hydrogens (tertiary/aromatic N) is 4. The number of rotatable bonds is 9. The van der Waals surface area contributed by atoms with Gasteiger partial charge in [-0.05, 0) is 36.4 Å². The molecule has 36 heavy (non-hydrogen) atoms. The lowest BCUT2D eigenvalue weighted by Crippen LogP contribution is -2.19. The lowest BCUT2D eigenvalue weighted by atomic mass is 10.2. The van der Waals surface area contributed by atoms with Gasteiger partial charge in [-0.1, -0.05) is 16.6 Å². The third-order valence-electron chi connectivity index (χ3n) is 3.94. The summed E-state index contributed by atoms with van der Waals surface area (Å²) >= 11 is 6.16. The van der Waals surface area contributed by atoms with Crippen molar-refractivity contribution >= 4 is 68.4 Å². The lowest BCUT2D eigenvalue weighted by Gasteiger charge is -2.11. The SMILES string of the molecule is NC(=O)Nc1cc(Nc2nc(F)nc(F)c2Cl)ccc1/N=N/c1ccc(SOOO)cc1S(=O)(=O)O. The van der Waals surface area contributed by atoms with E-state index in [-0.39, 0.29) is 27.6 Å². The first-order valence-electron chi connectivity index (χ1n) is 9.02. The number of amides is 2. The van der Waals surface area contributed by atoms with Crippen molar-refractivity contribution in [1.82, 2.24) is 9.97 Å². The van der Waals surface area contributed by atoms with Gasteiger partial charge < -0.3 is 16.4 Å². The first-order chi connectivity index (χ1) is 17.0. The Morgan fingerprint density at radius 3 is 2.50 bits per heavy atom. The average molecular weight is 564 g/mol. The summed E-state index contributed by atoms with van der Waals surface area (Å²) in [7, 11) is -4.78. The van der Waals surface area contributed by atoms with Crippen LogP contribution in [0.5, 0.6) is 0 Å². The number of urea groups is 1. The highest BCUT2D eigenvalue weighted by Gasteiger charge is 2.18. The van der Waals surface area contributed by atoms with Gasteiger partial charge in [-0.3, -0.25) is 4.55 Å². The number of carbonyl (C=O) groups is 1. The molecule has 1 heterocycles. The van der Waals surface area contributed by atoms with Gasteiger partial charge in [0.25, 0.3) is 10.1 Å². The van der Waals surface area contributed by atoms with Gasteiger partial charge in [0.15, 0.2) is 5.82 Å². The summed E-state index contributed by atoms with van der Waals surface area (Å²) < 4.78 is 64.2. The van der Waals surface area contributed by atoms with Gasteiger partial charge in [-0.25, -0.2) is 10.1 Å². The second-order valence-corrected chi connectivity index (χ2v) is 8.86. The highest BCUT2D eigenvalue weighted by molar-refractivity contribution is 7.94. The Bertz CT molecular complexity index is 1450. The molecule has 0 aliphatic heterocycles. The summed E-state index contributed by atoms with van der Waals surface area (Å²) in [6.45, 7) is 0. The van der Waals surface area contributed by atoms with E-state index in [2.05, 4.69) is 40.2 Å². The zero-order chi connectivity index (χ0) is 26.5. The topological polar surface area (TPSA) is 211 Å². The Balaban J connectivity index is 1.97. The van der Waals surface area contributed by atoms with Gasteiger partial charge in [0, 0.05) is 10.6 Å². The van der Waals surface area contributed by atoms with Gasteiger partial charge >= 0.3 is 12.1 Å². The number of anilines is 3. The van der Waals surface area contributed by atoms with Crippen molar-refractivity contribution in [3.8, 4) is 0 Å². The monoisotopic (exact) mass is 563 g/mol. The fraction of sp³-hybridized carbons (Fsp3) is 0. The van der Waals surface area contributed by atoms with Crippen LogP contribution >= 0.6 is 23.6 Å². The summed E-state index contributed by atoms with van der Waals surface area (Å²) in [5.41, 5.74) is 4.89. The third-order valence-corrected chi connectivity index (χ3v) is 5.73. The van der Waals surface area contributed by atoms with Crippen molar-refractivity contribution in [2.45, 2.75) is 9.79 Å². The first kappa shape index (κ1) is 27.1. The standard InChI is InChI=1S/C17H12ClF2N7O7S2/c18-13-14(19)24-16(20)25-15(13)22-7-1-3-9(11(5-7)23-17(21)28)26-27-10-4-2-8(35-34-33-29)6-12(10)36(30,31)32/h1-6,29H,(H3,21,23,28)(H,22,24,25)(H,30,31,32)/b27-26+. The molecule has 2 aromatic carbocycles. The molecule has 0 unspecified atom stereocenters. The van der Waals surface area contributed by atoms with Gasteiger partial charge in [0.05, 0.1) is 17.7 Å². The fourth-order valence-electron chi connectivity index (χ4n) is 2.55. The number of aromatic nitrogens is 2. The van der Waals surface area contributed by atoms with Crippen LogP contribution in [0, 0.1) is 12.0 Å². The van der Waals surface area contributed by atoms with Crippen LogP contribution < -0.4 is 16.4 Å². The van der Waals surface area contributed by atoms with Crippen molar-refractivity contribution in [2.75, 3.05) is 10.6 Å². The molecule has 2 amide bonds. The van der Waals surface area contributed by atoms with E-state index in [1.54, 1.807) is 0 Å². The van der Waals surface area contributed by atoms with Gasteiger partial charge in [0.1, 0.15) is 21.3 Å². The van der Waals surface area contributed by atoms with Crippen molar-refractivity contribution in [2.24, 2.45) is 16.0 Å². The fourth-order valence-corrected chi connectivity index (χ4v) is 3.80. The molecule has 1 aromatic heterocycles. The van der Waals surface area contributed by atoms with E-state index in [4.69, 9.17) is 22.6 Å². The molecule has 0 aliphatic rings. The van der Waals surface area contributed by atoms with Crippen LogP contribution in [0.2, 0.25) is 5.02 Å². The molecule has 0 saturated heterocycles. The Labute approximate surface area is 209 Å². The summed E-state index contributed by atoms with van der Waals surface area (Å²) in [5, 5.41) is 23.5. The van der Waals surface area contributed by atoms with Gasteiger partial charge in [-0.15, -0.1) is 14.6 Å². The maximum absolute atomic E-state index is 13.6. The molecule has 0 fully saturated rings. The molecule has 0 spiro atoms. The zero-order valence-corrected chi connectivity index (χ0v) is 19.6. The van der Waals surface area contributed by atoms with E-state index in [9.17, 15) is 26.5 Å². The summed E-state index contributed by atoms with van der Waals surface area (Å²) in [6, 6.07) is 6.29. The molecular formula is C17H12ClF2N7O7S2. The van der Waals surface area contributed by atoms with Crippen LogP contribution in [0.15, 0.2) is 56.4 Å². The molecule has 0 bridgehead atoms. The quantitative estimate of drug-likeness (QED) is 0.0456. The number of hydrogen-bond donors (Lipinski definition) is 5. The molecule has 3 aromatic rings. The number of azo groups is 1. The largest absolute Gasteiger partial charge is 0.351 e. The molecule has 190 valence electrons. The summed E-state index contributed by atoms with van der Waals surface area (Å²) in [5.74, 6) is -1.71. The Morgan fingerprint density at radius 2 is 1.83 bits per heavy atom. The van der Waals surface area contributed by atoms with E-state index in [1.165, 1.54) is 24.3 Å². The highest BCUT2D eigenvalue weighted by atomic mass is 35.5. The van der Waals surface area contributed by atoms with Crippen molar-refractivity contribution in [1.29, 1.82) is 0 Å². The molecule has 3 rings (SSSR count). The smallest absolute Gasteiger partial charge is 0.316 e. The number of nitrogens with two attached hydrogens (primary N) is 1. The summed E-state index contributed by atoms with van der Waals surface area (Å²) in [6.07, 6.45) is -1.38. The van der Waals surface area contributed by atoms with Crippen molar-refractivity contribution in [3.05, 3.63) is 53.4 Å². The molecule has 14 nitrogen and oxygen atoms in total. The number of primary amides is 1. The highest BCUT2D eigenvalue weighted by Crippen LogP contribution is 2.35. The van der Waals surface area contributed by atoms with Crippen LogP contribution in [-0.2, 0) is 19.5 Å². The number of carbonyl (C=O) groups excluding carboxylic acids is 1. The van der Waals surface area contributed by atoms with Crippen molar-refractivity contribution < 1.29 is 41.2 Å². The van der Waals surface area contributed by atoms with Gasteiger partial charge in [0.2, 0.25) is 5.95 Å². The summed E-state index contributed by atoms with van der Waals surface area (Å²) in [4.78, 5) is 17.1. The molecule has 0 saturated carbocycles. The van der Waals surface area contributed by atoms with Crippen LogP contribution in [-0.4, -0.2) is 34.2 Å². The number of hydrogen-bond acceptors (Lipinski definition) is 12.